The number of nitrogens with zero attached hydrogens (tertiary/aromatic N) is 1. The maximum absolute atomic E-state index is 5.73. The summed E-state index contributed by atoms with van der Waals surface area (Å²) in [6.07, 6.45) is 0. The fourth-order valence-electron chi connectivity index (χ4n) is 2.58. The Bertz CT molecular complexity index is 428. The highest BCUT2D eigenvalue weighted by molar-refractivity contribution is 5.50. The van der Waals surface area contributed by atoms with Gasteiger partial charge in [-0.05, 0) is 24.1 Å². The molecule has 0 bridgehead atoms. The molecule has 0 spiro atoms. The van der Waals surface area contributed by atoms with Crippen molar-refractivity contribution in [3.63, 3.8) is 0 Å². The molecule has 0 aliphatic carbocycles. The lowest BCUT2D eigenvalue weighted by atomic mass is 10.1. The van der Waals surface area contributed by atoms with Gasteiger partial charge in [0.25, 0.3) is 0 Å². The van der Waals surface area contributed by atoms with E-state index in [1.54, 1.807) is 0 Å². The molecule has 4 heteroatoms. The second kappa shape index (κ2) is 5.16. The highest BCUT2D eigenvalue weighted by atomic mass is 16.6. The van der Waals surface area contributed by atoms with Gasteiger partial charge in [-0.15, -0.1) is 0 Å². The van der Waals surface area contributed by atoms with Crippen molar-refractivity contribution in [3.05, 3.63) is 23.3 Å². The molecule has 1 aromatic rings. The molecule has 0 saturated carbocycles. The molecule has 2 heterocycles. The zero-order chi connectivity index (χ0) is 12.4. The van der Waals surface area contributed by atoms with Gasteiger partial charge in [0.05, 0.1) is 0 Å². The third kappa shape index (κ3) is 2.31. The van der Waals surface area contributed by atoms with Crippen molar-refractivity contribution in [2.75, 3.05) is 39.4 Å². The molecule has 0 radical (unpaired) electrons. The minimum atomic E-state index is 0.656. The molecule has 4 nitrogen and oxygen atoms in total. The third-order valence-corrected chi connectivity index (χ3v) is 3.67. The Kier molecular flexibility index (Phi) is 3.39. The van der Waals surface area contributed by atoms with Crippen molar-refractivity contribution in [2.24, 2.45) is 0 Å². The van der Waals surface area contributed by atoms with Crippen LogP contribution in [-0.4, -0.2) is 44.3 Å². The minimum Gasteiger partial charge on any atom is -0.486 e. The van der Waals surface area contributed by atoms with Crippen LogP contribution < -0.4 is 14.8 Å². The van der Waals surface area contributed by atoms with Crippen LogP contribution in [0.3, 0.4) is 0 Å². The summed E-state index contributed by atoms with van der Waals surface area (Å²) >= 11 is 0. The van der Waals surface area contributed by atoms with Crippen LogP contribution in [0.25, 0.3) is 0 Å². The van der Waals surface area contributed by atoms with E-state index in [9.17, 15) is 0 Å². The molecule has 3 rings (SSSR count). The Morgan fingerprint density at radius 3 is 2.78 bits per heavy atom. The Balaban J connectivity index is 1.79. The van der Waals surface area contributed by atoms with Gasteiger partial charge in [0.1, 0.15) is 13.2 Å². The molecule has 2 aliphatic heterocycles. The van der Waals surface area contributed by atoms with E-state index in [1.165, 1.54) is 11.1 Å². The lowest BCUT2D eigenvalue weighted by molar-refractivity contribution is 0.169. The molecular formula is C14H20N2O2. The normalized spacial score (nSPS) is 19.8. The number of ether oxygens (including phenoxy) is 2. The molecule has 2 aliphatic rings. The average Bonchev–Trinajstić information content (AvgIpc) is 2.43. The van der Waals surface area contributed by atoms with Crippen LogP contribution in [0.4, 0.5) is 0 Å². The molecule has 98 valence electrons. The van der Waals surface area contributed by atoms with Crippen molar-refractivity contribution < 1.29 is 9.47 Å². The van der Waals surface area contributed by atoms with Crippen molar-refractivity contribution >= 4 is 0 Å². The predicted octanol–water partition coefficient (Wildman–Crippen LogP) is 1.17. The highest BCUT2D eigenvalue weighted by Crippen LogP contribution is 2.35. The van der Waals surface area contributed by atoms with Crippen molar-refractivity contribution in [1.29, 1.82) is 0 Å². The summed E-state index contributed by atoms with van der Waals surface area (Å²) in [7, 11) is 0. The molecule has 1 fully saturated rings. The SMILES string of the molecule is Cc1c(CN2CCNCC2)ccc2c1OCCO2. The van der Waals surface area contributed by atoms with E-state index in [4.69, 9.17) is 9.47 Å². The van der Waals surface area contributed by atoms with Crippen LogP contribution in [0.1, 0.15) is 11.1 Å². The van der Waals surface area contributed by atoms with E-state index in [1.807, 2.05) is 6.07 Å². The smallest absolute Gasteiger partial charge is 0.164 e. The summed E-state index contributed by atoms with van der Waals surface area (Å²) in [5, 5.41) is 3.38. The summed E-state index contributed by atoms with van der Waals surface area (Å²) in [4.78, 5) is 2.48. The van der Waals surface area contributed by atoms with Gasteiger partial charge in [-0.25, -0.2) is 0 Å². The fraction of sp³-hybridized carbons (Fsp3) is 0.571. The Morgan fingerprint density at radius 2 is 1.94 bits per heavy atom. The molecule has 18 heavy (non-hydrogen) atoms. The first-order chi connectivity index (χ1) is 8.84. The maximum atomic E-state index is 5.73. The Labute approximate surface area is 108 Å². The fourth-order valence-corrected chi connectivity index (χ4v) is 2.58. The number of benzene rings is 1. The number of nitrogens with one attached hydrogen (secondary N) is 1. The first kappa shape index (κ1) is 11.8. The van der Waals surface area contributed by atoms with E-state index in [0.717, 1.165) is 44.2 Å². The number of rotatable bonds is 2. The molecule has 1 N–H and O–H groups in total. The topological polar surface area (TPSA) is 33.7 Å². The maximum Gasteiger partial charge on any atom is 0.164 e. The number of hydrogen-bond donors (Lipinski definition) is 1. The van der Waals surface area contributed by atoms with Gasteiger partial charge < -0.3 is 14.8 Å². The summed E-state index contributed by atoms with van der Waals surface area (Å²) < 4.78 is 11.3. The quantitative estimate of drug-likeness (QED) is 0.852. The zero-order valence-electron chi connectivity index (χ0n) is 10.9. The van der Waals surface area contributed by atoms with Crippen molar-refractivity contribution in [2.45, 2.75) is 13.5 Å². The van der Waals surface area contributed by atoms with Crippen LogP contribution in [0.5, 0.6) is 11.5 Å². The Morgan fingerprint density at radius 1 is 1.17 bits per heavy atom. The summed E-state index contributed by atoms with van der Waals surface area (Å²) in [6, 6.07) is 4.21. The largest absolute Gasteiger partial charge is 0.486 e. The molecule has 1 aromatic carbocycles. The van der Waals surface area contributed by atoms with Crippen LogP contribution >= 0.6 is 0 Å². The first-order valence-electron chi connectivity index (χ1n) is 6.66. The van der Waals surface area contributed by atoms with Crippen LogP contribution in [0.2, 0.25) is 0 Å². The van der Waals surface area contributed by atoms with Gasteiger partial charge in [0.15, 0.2) is 11.5 Å². The number of piperazine rings is 1. The lowest BCUT2D eigenvalue weighted by Gasteiger charge is -2.29. The average molecular weight is 248 g/mol. The van der Waals surface area contributed by atoms with Gasteiger partial charge in [0, 0.05) is 32.7 Å². The van der Waals surface area contributed by atoms with Crippen molar-refractivity contribution in [1.82, 2.24) is 10.2 Å². The van der Waals surface area contributed by atoms with E-state index < -0.39 is 0 Å². The molecule has 0 aromatic heterocycles. The lowest BCUT2D eigenvalue weighted by Crippen LogP contribution is -2.43. The summed E-state index contributed by atoms with van der Waals surface area (Å²) in [5.41, 5.74) is 2.58. The number of hydrogen-bond acceptors (Lipinski definition) is 4. The second-order valence-electron chi connectivity index (χ2n) is 4.90. The van der Waals surface area contributed by atoms with Gasteiger partial charge >= 0.3 is 0 Å². The minimum absolute atomic E-state index is 0.656. The van der Waals surface area contributed by atoms with Crippen LogP contribution in [0.15, 0.2) is 12.1 Å². The van der Waals surface area contributed by atoms with Gasteiger partial charge in [0.2, 0.25) is 0 Å². The molecule has 0 amide bonds. The van der Waals surface area contributed by atoms with Gasteiger partial charge in [-0.1, -0.05) is 6.07 Å². The van der Waals surface area contributed by atoms with Crippen LogP contribution in [-0.2, 0) is 6.54 Å². The highest BCUT2D eigenvalue weighted by Gasteiger charge is 2.18. The van der Waals surface area contributed by atoms with Gasteiger partial charge in [-0.2, -0.15) is 0 Å². The third-order valence-electron chi connectivity index (χ3n) is 3.67. The molecule has 1 saturated heterocycles. The summed E-state index contributed by atoms with van der Waals surface area (Å²) in [6.45, 7) is 8.86. The number of fused-ring (bicyclic) bond motifs is 1. The summed E-state index contributed by atoms with van der Waals surface area (Å²) in [5.74, 6) is 1.83. The second-order valence-corrected chi connectivity index (χ2v) is 4.90. The molecule has 0 atom stereocenters. The zero-order valence-corrected chi connectivity index (χ0v) is 10.9. The Hall–Kier alpha value is -1.26. The first-order valence-corrected chi connectivity index (χ1v) is 6.66. The monoisotopic (exact) mass is 248 g/mol. The standard InChI is InChI=1S/C14H20N2O2/c1-11-12(10-16-6-4-15-5-7-16)2-3-13-14(11)18-9-8-17-13/h2-3,15H,4-10H2,1H3. The van der Waals surface area contributed by atoms with E-state index in [0.29, 0.717) is 13.2 Å². The van der Waals surface area contributed by atoms with Gasteiger partial charge in [-0.3, -0.25) is 4.90 Å². The molecule has 0 unspecified atom stereocenters. The van der Waals surface area contributed by atoms with E-state index >= 15 is 0 Å². The van der Waals surface area contributed by atoms with E-state index in [2.05, 4.69) is 23.2 Å². The van der Waals surface area contributed by atoms with Crippen molar-refractivity contribution in [3.8, 4) is 11.5 Å². The predicted molar refractivity (Wildman–Crippen MR) is 70.3 cm³/mol. The van der Waals surface area contributed by atoms with Crippen LogP contribution in [0, 0.1) is 6.92 Å². The molecular weight excluding hydrogens is 228 g/mol. The van der Waals surface area contributed by atoms with E-state index in [-0.39, 0.29) is 0 Å².